The molecule has 0 unspecified atom stereocenters. The topological polar surface area (TPSA) is 43.8 Å². The van der Waals surface area contributed by atoms with E-state index < -0.39 is 0 Å². The normalized spacial score (nSPS) is 11.1. The minimum Gasteiger partial charge on any atom is -0.399 e. The van der Waals surface area contributed by atoms with Gasteiger partial charge in [-0.3, -0.25) is 0 Å². The first kappa shape index (κ1) is 13.6. The summed E-state index contributed by atoms with van der Waals surface area (Å²) >= 11 is 0. The monoisotopic (exact) mass is 283 g/mol. The molecule has 0 amide bonds. The first-order valence-electron chi connectivity index (χ1n) is 7.17. The largest absolute Gasteiger partial charge is 0.399 e. The molecule has 0 spiro atoms. The average Bonchev–Trinajstić information content (AvgIpc) is 2.84. The molecule has 108 valence electrons. The number of hydrogen-bond acceptors (Lipinski definition) is 2. The number of aryl methyl sites for hydroxylation is 3. The fraction of sp³-hybridized carbons (Fsp3) is 0.235. The fourth-order valence-corrected chi connectivity index (χ4v) is 2.71. The van der Waals surface area contributed by atoms with E-state index in [1.165, 1.54) is 11.6 Å². The average molecular weight is 283 g/mol. The zero-order chi connectivity index (χ0) is 14.8. The quantitative estimate of drug-likeness (QED) is 0.744. The van der Waals surface area contributed by atoms with Crippen LogP contribution in [0.15, 0.2) is 42.5 Å². The van der Waals surface area contributed by atoms with Gasteiger partial charge in [0.05, 0.1) is 5.52 Å². The van der Waals surface area contributed by atoms with E-state index in [0.29, 0.717) is 5.52 Å². The summed E-state index contributed by atoms with van der Waals surface area (Å²) in [7, 11) is 0. The fourth-order valence-electron chi connectivity index (χ4n) is 2.71. The predicted octanol–water partition coefficient (Wildman–Crippen LogP) is 3.56. The number of para-hydroxylation sites is 1. The van der Waals surface area contributed by atoms with E-state index >= 15 is 0 Å². The molecular formula is C17H18FN3. The lowest BCUT2D eigenvalue weighted by atomic mass is 10.1. The molecule has 1 aromatic heterocycles. The van der Waals surface area contributed by atoms with Crippen LogP contribution in [0.3, 0.4) is 0 Å². The molecule has 3 aromatic rings. The molecule has 3 rings (SSSR count). The molecule has 1 heterocycles. The van der Waals surface area contributed by atoms with Gasteiger partial charge in [-0.1, -0.05) is 18.2 Å². The number of hydrogen-bond donors (Lipinski definition) is 1. The van der Waals surface area contributed by atoms with E-state index in [9.17, 15) is 4.39 Å². The maximum absolute atomic E-state index is 13.8. The van der Waals surface area contributed by atoms with Gasteiger partial charge in [0.25, 0.3) is 0 Å². The molecule has 0 atom stereocenters. The highest BCUT2D eigenvalue weighted by molar-refractivity contribution is 5.76. The summed E-state index contributed by atoms with van der Waals surface area (Å²) in [6.07, 6.45) is 1.61. The second kappa shape index (κ2) is 5.56. The van der Waals surface area contributed by atoms with Crippen molar-refractivity contribution >= 4 is 16.7 Å². The Morgan fingerprint density at radius 1 is 1.14 bits per heavy atom. The molecule has 0 saturated carbocycles. The SMILES string of the molecule is CCn1c(CCc2cccc(N)c2)nc2c(F)cccc21. The van der Waals surface area contributed by atoms with Crippen molar-refractivity contribution in [2.45, 2.75) is 26.3 Å². The van der Waals surface area contributed by atoms with Crippen LogP contribution in [0.25, 0.3) is 11.0 Å². The number of anilines is 1. The van der Waals surface area contributed by atoms with Crippen LogP contribution in [0.5, 0.6) is 0 Å². The second-order valence-corrected chi connectivity index (χ2v) is 5.12. The number of nitrogens with zero attached hydrogens (tertiary/aromatic N) is 2. The van der Waals surface area contributed by atoms with Gasteiger partial charge < -0.3 is 10.3 Å². The summed E-state index contributed by atoms with van der Waals surface area (Å²) in [5.41, 5.74) is 9.05. The van der Waals surface area contributed by atoms with Gasteiger partial charge in [-0.15, -0.1) is 0 Å². The van der Waals surface area contributed by atoms with Crippen LogP contribution < -0.4 is 5.73 Å². The lowest BCUT2D eigenvalue weighted by molar-refractivity contribution is 0.637. The maximum atomic E-state index is 13.8. The Morgan fingerprint density at radius 2 is 1.95 bits per heavy atom. The van der Waals surface area contributed by atoms with Gasteiger partial charge in [0, 0.05) is 18.7 Å². The third kappa shape index (κ3) is 2.61. The molecule has 0 bridgehead atoms. The Bertz CT molecular complexity index is 777. The van der Waals surface area contributed by atoms with Crippen LogP contribution in [0.4, 0.5) is 10.1 Å². The van der Waals surface area contributed by atoms with Crippen molar-refractivity contribution in [1.82, 2.24) is 9.55 Å². The molecule has 0 fully saturated rings. The Hall–Kier alpha value is -2.36. The summed E-state index contributed by atoms with van der Waals surface area (Å²) in [6.45, 7) is 2.84. The van der Waals surface area contributed by atoms with Crippen LogP contribution in [-0.4, -0.2) is 9.55 Å². The lowest BCUT2D eigenvalue weighted by Gasteiger charge is -2.06. The number of imidazole rings is 1. The zero-order valence-electron chi connectivity index (χ0n) is 12.0. The van der Waals surface area contributed by atoms with E-state index in [1.54, 1.807) is 6.07 Å². The molecular weight excluding hydrogens is 265 g/mol. The van der Waals surface area contributed by atoms with Crippen LogP contribution in [-0.2, 0) is 19.4 Å². The first-order chi connectivity index (χ1) is 10.2. The second-order valence-electron chi connectivity index (χ2n) is 5.12. The van der Waals surface area contributed by atoms with Crippen LogP contribution in [0, 0.1) is 5.82 Å². The van der Waals surface area contributed by atoms with Gasteiger partial charge in [-0.05, 0) is 43.2 Å². The minimum atomic E-state index is -0.259. The standard InChI is InChI=1S/C17H18FN3/c1-2-21-15-8-4-7-14(18)17(15)20-16(21)10-9-12-5-3-6-13(19)11-12/h3-8,11H,2,9-10,19H2,1H3. The molecule has 0 saturated heterocycles. The van der Waals surface area contributed by atoms with Gasteiger partial charge in [-0.2, -0.15) is 0 Å². The summed E-state index contributed by atoms with van der Waals surface area (Å²) in [5, 5.41) is 0. The Kier molecular flexibility index (Phi) is 3.60. The van der Waals surface area contributed by atoms with Gasteiger partial charge in [0.2, 0.25) is 0 Å². The smallest absolute Gasteiger partial charge is 0.151 e. The van der Waals surface area contributed by atoms with E-state index in [0.717, 1.165) is 36.4 Å². The Balaban J connectivity index is 1.91. The van der Waals surface area contributed by atoms with Crippen molar-refractivity contribution in [3.05, 3.63) is 59.7 Å². The highest BCUT2D eigenvalue weighted by Crippen LogP contribution is 2.20. The van der Waals surface area contributed by atoms with Crippen LogP contribution in [0.1, 0.15) is 18.3 Å². The number of benzene rings is 2. The lowest BCUT2D eigenvalue weighted by Crippen LogP contribution is -2.03. The molecule has 0 radical (unpaired) electrons. The molecule has 21 heavy (non-hydrogen) atoms. The number of rotatable bonds is 4. The van der Waals surface area contributed by atoms with Crippen molar-refractivity contribution in [2.24, 2.45) is 0 Å². The number of nitrogens with two attached hydrogens (primary N) is 1. The van der Waals surface area contributed by atoms with Gasteiger partial charge in [0.1, 0.15) is 11.3 Å². The molecule has 2 aromatic carbocycles. The van der Waals surface area contributed by atoms with E-state index in [1.807, 2.05) is 24.3 Å². The third-order valence-corrected chi connectivity index (χ3v) is 3.71. The van der Waals surface area contributed by atoms with Gasteiger partial charge in [-0.25, -0.2) is 9.37 Å². The van der Waals surface area contributed by atoms with Crippen LogP contribution >= 0.6 is 0 Å². The highest BCUT2D eigenvalue weighted by atomic mass is 19.1. The van der Waals surface area contributed by atoms with Crippen molar-refractivity contribution < 1.29 is 4.39 Å². The number of halogens is 1. The van der Waals surface area contributed by atoms with E-state index in [2.05, 4.69) is 22.5 Å². The predicted molar refractivity (Wildman–Crippen MR) is 83.6 cm³/mol. The number of nitrogen functional groups attached to an aromatic ring is 1. The molecule has 0 aliphatic carbocycles. The summed E-state index contributed by atoms with van der Waals surface area (Å²) in [5.74, 6) is 0.657. The molecule has 4 heteroatoms. The van der Waals surface area contributed by atoms with Crippen molar-refractivity contribution in [2.75, 3.05) is 5.73 Å². The first-order valence-corrected chi connectivity index (χ1v) is 7.17. The van der Waals surface area contributed by atoms with Gasteiger partial charge >= 0.3 is 0 Å². The maximum Gasteiger partial charge on any atom is 0.151 e. The third-order valence-electron chi connectivity index (χ3n) is 3.71. The van der Waals surface area contributed by atoms with Gasteiger partial charge in [0.15, 0.2) is 5.82 Å². The van der Waals surface area contributed by atoms with E-state index in [4.69, 9.17) is 5.73 Å². The van der Waals surface area contributed by atoms with Crippen molar-refractivity contribution in [3.63, 3.8) is 0 Å². The molecule has 0 aliphatic heterocycles. The highest BCUT2D eigenvalue weighted by Gasteiger charge is 2.12. The molecule has 0 aliphatic rings. The summed E-state index contributed by atoms with van der Waals surface area (Å²) in [6, 6.07) is 13.0. The summed E-state index contributed by atoms with van der Waals surface area (Å²) < 4.78 is 15.9. The Labute approximate surface area is 123 Å². The van der Waals surface area contributed by atoms with Crippen LogP contribution in [0.2, 0.25) is 0 Å². The minimum absolute atomic E-state index is 0.259. The van der Waals surface area contributed by atoms with Crippen molar-refractivity contribution in [3.8, 4) is 0 Å². The Morgan fingerprint density at radius 3 is 2.71 bits per heavy atom. The summed E-state index contributed by atoms with van der Waals surface area (Å²) in [4.78, 5) is 4.48. The van der Waals surface area contributed by atoms with E-state index in [-0.39, 0.29) is 5.82 Å². The molecule has 3 nitrogen and oxygen atoms in total. The number of aromatic nitrogens is 2. The number of fused-ring (bicyclic) bond motifs is 1. The zero-order valence-corrected chi connectivity index (χ0v) is 12.0. The molecule has 2 N–H and O–H groups in total. The van der Waals surface area contributed by atoms with Crippen molar-refractivity contribution in [1.29, 1.82) is 0 Å².